The van der Waals surface area contributed by atoms with Crippen LogP contribution in [0.1, 0.15) is 122 Å². The Morgan fingerprint density at radius 2 is 0.812 bits per heavy atom. The van der Waals surface area contributed by atoms with Crippen LogP contribution in [0.5, 0.6) is 0 Å². The van der Waals surface area contributed by atoms with Crippen molar-refractivity contribution >= 4 is 0 Å². The monoisotopic (exact) mass is 438 g/mol. The second kappa shape index (κ2) is 9.68. The van der Waals surface area contributed by atoms with Crippen LogP contribution in [0.4, 0.5) is 0 Å². The van der Waals surface area contributed by atoms with Crippen molar-refractivity contribution in [1.29, 1.82) is 0 Å². The summed E-state index contributed by atoms with van der Waals surface area (Å²) in [5, 5.41) is 0. The summed E-state index contributed by atoms with van der Waals surface area (Å²) < 4.78 is 0. The highest BCUT2D eigenvalue weighted by atomic mass is 14.4. The molecule has 0 aromatic carbocycles. The van der Waals surface area contributed by atoms with Gasteiger partial charge in [-0.2, -0.15) is 0 Å². The highest BCUT2D eigenvalue weighted by Crippen LogP contribution is 2.46. The maximum absolute atomic E-state index is 2.47. The molecular formula is C32H54. The Bertz CT molecular complexity index is 698. The average Bonchev–Trinajstić information content (AvgIpc) is 2.61. The molecule has 0 aromatic heterocycles. The lowest BCUT2D eigenvalue weighted by Crippen LogP contribution is -2.25. The molecule has 32 heavy (non-hydrogen) atoms. The van der Waals surface area contributed by atoms with Gasteiger partial charge in [0.1, 0.15) is 0 Å². The standard InChI is InChI=1S/C32H54/c1-29(2,3)25-17-19-27(31(7,8)9)23(21-25)15-13-14-16-24-22-26(30(4,5)6)18-20-28(24)32(10,11)12/h17-20,23-24H,13-16,21-22H2,1-12H3. The molecular weight excluding hydrogens is 384 g/mol. The fourth-order valence-corrected chi connectivity index (χ4v) is 5.67. The molecule has 0 aliphatic heterocycles. The van der Waals surface area contributed by atoms with Crippen molar-refractivity contribution in [2.24, 2.45) is 33.5 Å². The van der Waals surface area contributed by atoms with E-state index in [2.05, 4.69) is 107 Å². The maximum atomic E-state index is 2.47. The second-order valence-corrected chi connectivity index (χ2v) is 14.7. The summed E-state index contributed by atoms with van der Waals surface area (Å²) in [6, 6.07) is 0. The first-order valence-corrected chi connectivity index (χ1v) is 13.2. The molecule has 0 heterocycles. The molecule has 0 spiro atoms. The topological polar surface area (TPSA) is 0 Å². The van der Waals surface area contributed by atoms with E-state index in [1.54, 1.807) is 22.3 Å². The Kier molecular flexibility index (Phi) is 8.23. The molecule has 2 aliphatic rings. The van der Waals surface area contributed by atoms with E-state index < -0.39 is 0 Å². The molecule has 0 saturated heterocycles. The average molecular weight is 439 g/mol. The predicted molar refractivity (Wildman–Crippen MR) is 145 cm³/mol. The van der Waals surface area contributed by atoms with Crippen molar-refractivity contribution in [3.05, 3.63) is 46.6 Å². The zero-order valence-electron chi connectivity index (χ0n) is 23.7. The van der Waals surface area contributed by atoms with Gasteiger partial charge in [0, 0.05) is 0 Å². The number of unbranched alkanes of at least 4 members (excludes halogenated alkanes) is 1. The van der Waals surface area contributed by atoms with E-state index in [1.807, 2.05) is 0 Å². The Morgan fingerprint density at radius 1 is 0.500 bits per heavy atom. The molecule has 0 nitrogen and oxygen atoms in total. The minimum Gasteiger partial charge on any atom is -0.0642 e. The summed E-state index contributed by atoms with van der Waals surface area (Å²) in [7, 11) is 0. The lowest BCUT2D eigenvalue weighted by Gasteiger charge is -2.38. The van der Waals surface area contributed by atoms with Crippen molar-refractivity contribution in [2.45, 2.75) is 122 Å². The smallest absolute Gasteiger partial charge is 0.0157 e. The third-order valence-electron chi connectivity index (χ3n) is 7.75. The molecule has 0 N–H and O–H groups in total. The SMILES string of the molecule is CC(C)(C)C1=CC=C(C(C)(C)C)C(CCCCC2CC(C(C)(C)C)=CC=C2C(C)(C)C)C1. The van der Waals surface area contributed by atoms with E-state index in [1.165, 1.54) is 38.5 Å². The van der Waals surface area contributed by atoms with Crippen molar-refractivity contribution in [1.82, 2.24) is 0 Å². The van der Waals surface area contributed by atoms with Crippen molar-refractivity contribution in [2.75, 3.05) is 0 Å². The number of hydrogen-bond donors (Lipinski definition) is 0. The van der Waals surface area contributed by atoms with Crippen LogP contribution in [0, 0.1) is 33.5 Å². The van der Waals surface area contributed by atoms with Gasteiger partial charge in [0.05, 0.1) is 0 Å². The summed E-state index contributed by atoms with van der Waals surface area (Å²) in [4.78, 5) is 0. The first-order valence-electron chi connectivity index (χ1n) is 13.2. The summed E-state index contributed by atoms with van der Waals surface area (Å²) in [6.07, 6.45) is 17.7. The first kappa shape index (κ1) is 27.2. The molecule has 2 unspecified atom stereocenters. The van der Waals surface area contributed by atoms with Gasteiger partial charge in [-0.1, -0.05) is 143 Å². The van der Waals surface area contributed by atoms with Gasteiger partial charge in [-0.25, -0.2) is 0 Å². The summed E-state index contributed by atoms with van der Waals surface area (Å²) in [5.41, 5.74) is 7.67. The minimum atomic E-state index is 0.266. The van der Waals surface area contributed by atoms with Gasteiger partial charge in [-0.05, 0) is 59.2 Å². The zero-order chi connectivity index (χ0) is 24.5. The van der Waals surface area contributed by atoms with Crippen molar-refractivity contribution < 1.29 is 0 Å². The van der Waals surface area contributed by atoms with E-state index in [-0.39, 0.29) is 21.7 Å². The van der Waals surface area contributed by atoms with Gasteiger partial charge in [0.2, 0.25) is 0 Å². The van der Waals surface area contributed by atoms with Gasteiger partial charge in [0.15, 0.2) is 0 Å². The third kappa shape index (κ3) is 7.23. The molecule has 0 heteroatoms. The molecule has 0 amide bonds. The van der Waals surface area contributed by atoms with Crippen LogP contribution in [0.25, 0.3) is 0 Å². The predicted octanol–water partition coefficient (Wildman–Crippen LogP) is 10.5. The van der Waals surface area contributed by atoms with Gasteiger partial charge < -0.3 is 0 Å². The van der Waals surface area contributed by atoms with E-state index >= 15 is 0 Å². The Hall–Kier alpha value is -1.04. The van der Waals surface area contributed by atoms with Gasteiger partial charge >= 0.3 is 0 Å². The van der Waals surface area contributed by atoms with Gasteiger partial charge in [0.25, 0.3) is 0 Å². The Balaban J connectivity index is 2.05. The Morgan fingerprint density at radius 3 is 1.06 bits per heavy atom. The third-order valence-corrected chi connectivity index (χ3v) is 7.75. The van der Waals surface area contributed by atoms with E-state index in [0.29, 0.717) is 11.8 Å². The maximum Gasteiger partial charge on any atom is -0.0157 e. The number of hydrogen-bond acceptors (Lipinski definition) is 0. The molecule has 0 aromatic rings. The van der Waals surface area contributed by atoms with Crippen LogP contribution in [0.2, 0.25) is 0 Å². The lowest BCUT2D eigenvalue weighted by atomic mass is 9.67. The normalized spacial score (nSPS) is 23.4. The molecule has 0 radical (unpaired) electrons. The fourth-order valence-electron chi connectivity index (χ4n) is 5.67. The Labute approximate surface area is 201 Å². The van der Waals surface area contributed by atoms with E-state index in [9.17, 15) is 0 Å². The quantitative estimate of drug-likeness (QED) is 0.374. The molecule has 182 valence electrons. The molecule has 2 rings (SSSR count). The van der Waals surface area contributed by atoms with Crippen LogP contribution in [-0.2, 0) is 0 Å². The number of rotatable bonds is 5. The fraction of sp³-hybridized carbons (Fsp3) is 0.750. The van der Waals surface area contributed by atoms with Crippen molar-refractivity contribution in [3.63, 3.8) is 0 Å². The summed E-state index contributed by atoms with van der Waals surface area (Å²) in [5.74, 6) is 1.42. The minimum absolute atomic E-state index is 0.266. The molecule has 2 aliphatic carbocycles. The molecule has 0 bridgehead atoms. The van der Waals surface area contributed by atoms with E-state index in [0.717, 1.165) is 0 Å². The zero-order valence-corrected chi connectivity index (χ0v) is 23.7. The first-order chi connectivity index (χ1) is 14.4. The van der Waals surface area contributed by atoms with Crippen molar-refractivity contribution in [3.8, 4) is 0 Å². The van der Waals surface area contributed by atoms with Crippen LogP contribution in [0.15, 0.2) is 46.6 Å². The summed E-state index contributed by atoms with van der Waals surface area (Å²) in [6.45, 7) is 28.6. The summed E-state index contributed by atoms with van der Waals surface area (Å²) >= 11 is 0. The van der Waals surface area contributed by atoms with Gasteiger partial charge in [-0.15, -0.1) is 0 Å². The second-order valence-electron chi connectivity index (χ2n) is 14.7. The van der Waals surface area contributed by atoms with Gasteiger partial charge in [-0.3, -0.25) is 0 Å². The van der Waals surface area contributed by atoms with Crippen LogP contribution in [-0.4, -0.2) is 0 Å². The highest BCUT2D eigenvalue weighted by molar-refractivity contribution is 5.33. The van der Waals surface area contributed by atoms with Crippen LogP contribution < -0.4 is 0 Å². The lowest BCUT2D eigenvalue weighted by molar-refractivity contribution is 0.343. The molecule has 2 atom stereocenters. The number of allylic oxidation sites excluding steroid dienone is 8. The van der Waals surface area contributed by atoms with E-state index in [4.69, 9.17) is 0 Å². The molecule has 0 saturated carbocycles. The van der Waals surface area contributed by atoms with Crippen LogP contribution >= 0.6 is 0 Å². The van der Waals surface area contributed by atoms with Crippen LogP contribution in [0.3, 0.4) is 0 Å². The largest absolute Gasteiger partial charge is 0.0642 e. The molecule has 0 fully saturated rings. The highest BCUT2D eigenvalue weighted by Gasteiger charge is 2.32.